The second kappa shape index (κ2) is 6.20. The van der Waals surface area contributed by atoms with Crippen molar-refractivity contribution >= 4 is 0 Å². The smallest absolute Gasteiger partial charge is 0.0965 e. The maximum Gasteiger partial charge on any atom is 0.0965 e. The number of rotatable bonds is 4. The fourth-order valence-corrected chi connectivity index (χ4v) is 3.60. The largest absolute Gasteiger partial charge is 0.309 e. The van der Waals surface area contributed by atoms with E-state index in [-0.39, 0.29) is 5.66 Å². The van der Waals surface area contributed by atoms with E-state index in [1.807, 2.05) is 18.5 Å². The highest BCUT2D eigenvalue weighted by Crippen LogP contribution is 2.33. The Balaban J connectivity index is 1.63. The van der Waals surface area contributed by atoms with Gasteiger partial charge in [0.15, 0.2) is 0 Å². The van der Waals surface area contributed by atoms with Gasteiger partial charge in [-0.15, -0.1) is 0 Å². The van der Waals surface area contributed by atoms with Crippen molar-refractivity contribution in [1.29, 1.82) is 0 Å². The Kier molecular flexibility index (Phi) is 4.34. The van der Waals surface area contributed by atoms with Crippen molar-refractivity contribution in [3.05, 3.63) is 30.1 Å². The van der Waals surface area contributed by atoms with Gasteiger partial charge >= 0.3 is 0 Å². The van der Waals surface area contributed by atoms with E-state index in [0.29, 0.717) is 0 Å². The van der Waals surface area contributed by atoms with E-state index >= 15 is 0 Å². The second-order valence-corrected chi connectivity index (χ2v) is 6.16. The lowest BCUT2D eigenvalue weighted by Crippen LogP contribution is -2.51. The highest BCUT2D eigenvalue weighted by Gasteiger charge is 2.38. The average Bonchev–Trinajstić information content (AvgIpc) is 2.89. The monoisotopic (exact) mass is 274 g/mol. The minimum Gasteiger partial charge on any atom is -0.309 e. The van der Waals surface area contributed by atoms with E-state index in [9.17, 15) is 0 Å². The first-order valence-electron chi connectivity index (χ1n) is 7.96. The molecular formula is C16H26N4. The van der Waals surface area contributed by atoms with Crippen LogP contribution in [0.3, 0.4) is 0 Å². The predicted molar refractivity (Wildman–Crippen MR) is 81.2 cm³/mol. The number of aromatic nitrogens is 1. The van der Waals surface area contributed by atoms with Crippen LogP contribution in [-0.2, 0) is 5.66 Å². The summed E-state index contributed by atoms with van der Waals surface area (Å²) < 4.78 is 0. The molecule has 0 aromatic carbocycles. The van der Waals surface area contributed by atoms with Gasteiger partial charge in [0.1, 0.15) is 0 Å². The van der Waals surface area contributed by atoms with E-state index in [2.05, 4.69) is 20.9 Å². The Hall–Kier alpha value is -0.970. The highest BCUT2D eigenvalue weighted by molar-refractivity contribution is 5.20. The fraction of sp³-hybridized carbons (Fsp3) is 0.688. The minimum absolute atomic E-state index is 0.302. The molecule has 1 unspecified atom stereocenters. The molecule has 2 N–H and O–H groups in total. The summed E-state index contributed by atoms with van der Waals surface area (Å²) in [6.07, 6.45) is 10.1. The molecule has 2 aliphatic heterocycles. The lowest BCUT2D eigenvalue weighted by atomic mass is 9.99. The molecule has 0 aliphatic carbocycles. The normalized spacial score (nSPS) is 28.9. The van der Waals surface area contributed by atoms with Crippen molar-refractivity contribution in [3.8, 4) is 0 Å². The fourth-order valence-electron chi connectivity index (χ4n) is 3.60. The molecule has 0 spiro atoms. The molecule has 1 aromatic heterocycles. The standard InChI is InChI=1S/C16H26N4/c17-16(15-6-4-8-18-14-15)7-5-11-20(16)13-12-19-9-2-1-3-10-19/h4,6,8,14H,1-3,5,7,9-13,17H2. The third-order valence-electron chi connectivity index (χ3n) is 4.85. The van der Waals surface area contributed by atoms with Crippen molar-refractivity contribution in [2.24, 2.45) is 5.73 Å². The van der Waals surface area contributed by atoms with Gasteiger partial charge in [-0.3, -0.25) is 9.88 Å². The molecule has 4 nitrogen and oxygen atoms in total. The number of hydrogen-bond donors (Lipinski definition) is 1. The molecule has 20 heavy (non-hydrogen) atoms. The molecule has 1 aromatic rings. The van der Waals surface area contributed by atoms with Crippen molar-refractivity contribution in [3.63, 3.8) is 0 Å². The van der Waals surface area contributed by atoms with Crippen LogP contribution in [0.2, 0.25) is 0 Å². The third-order valence-corrected chi connectivity index (χ3v) is 4.85. The van der Waals surface area contributed by atoms with Crippen LogP contribution >= 0.6 is 0 Å². The SMILES string of the molecule is NC1(c2cccnc2)CCCN1CCN1CCCCC1. The number of hydrogen-bond acceptors (Lipinski definition) is 4. The van der Waals surface area contributed by atoms with Gasteiger partial charge in [0.2, 0.25) is 0 Å². The topological polar surface area (TPSA) is 45.4 Å². The van der Waals surface area contributed by atoms with Gasteiger partial charge < -0.3 is 10.6 Å². The van der Waals surface area contributed by atoms with Gasteiger partial charge in [0.05, 0.1) is 5.66 Å². The molecule has 1 atom stereocenters. The lowest BCUT2D eigenvalue weighted by Gasteiger charge is -2.37. The van der Waals surface area contributed by atoms with Gasteiger partial charge in [-0.1, -0.05) is 12.5 Å². The minimum atomic E-state index is -0.302. The van der Waals surface area contributed by atoms with Crippen LogP contribution in [0.15, 0.2) is 24.5 Å². The van der Waals surface area contributed by atoms with Gasteiger partial charge in [-0.2, -0.15) is 0 Å². The van der Waals surface area contributed by atoms with Crippen molar-refractivity contribution in [2.75, 3.05) is 32.7 Å². The summed E-state index contributed by atoms with van der Waals surface area (Å²) in [6, 6.07) is 4.11. The van der Waals surface area contributed by atoms with Gasteiger partial charge in [0, 0.05) is 37.6 Å². The summed E-state index contributed by atoms with van der Waals surface area (Å²) in [7, 11) is 0. The Morgan fingerprint density at radius 3 is 2.70 bits per heavy atom. The molecule has 3 heterocycles. The number of pyridine rings is 1. The maximum atomic E-state index is 6.71. The summed E-state index contributed by atoms with van der Waals surface area (Å²) in [6.45, 7) is 5.86. The molecule has 2 fully saturated rings. The zero-order valence-corrected chi connectivity index (χ0v) is 12.3. The third kappa shape index (κ3) is 2.87. The van der Waals surface area contributed by atoms with E-state index in [4.69, 9.17) is 5.73 Å². The van der Waals surface area contributed by atoms with E-state index in [1.54, 1.807) is 0 Å². The van der Waals surface area contributed by atoms with Gasteiger partial charge in [-0.05, 0) is 44.8 Å². The van der Waals surface area contributed by atoms with Gasteiger partial charge in [0.25, 0.3) is 0 Å². The van der Waals surface area contributed by atoms with Crippen molar-refractivity contribution < 1.29 is 0 Å². The molecule has 3 rings (SSSR count). The first kappa shape index (κ1) is 14.0. The quantitative estimate of drug-likeness (QED) is 0.909. The van der Waals surface area contributed by atoms with Crippen molar-refractivity contribution in [2.45, 2.75) is 37.8 Å². The lowest BCUT2D eigenvalue weighted by molar-refractivity contribution is 0.113. The van der Waals surface area contributed by atoms with E-state index < -0.39 is 0 Å². The molecule has 0 amide bonds. The molecule has 4 heteroatoms. The van der Waals surface area contributed by atoms with Crippen LogP contribution in [0.1, 0.15) is 37.7 Å². The van der Waals surface area contributed by atoms with Crippen LogP contribution in [0, 0.1) is 0 Å². The molecule has 2 saturated heterocycles. The first-order valence-corrected chi connectivity index (χ1v) is 7.96. The van der Waals surface area contributed by atoms with E-state index in [0.717, 1.165) is 31.6 Å². The Morgan fingerprint density at radius 2 is 1.95 bits per heavy atom. The van der Waals surface area contributed by atoms with E-state index in [1.165, 1.54) is 38.8 Å². The summed E-state index contributed by atoms with van der Waals surface area (Å²) >= 11 is 0. The van der Waals surface area contributed by atoms with Crippen LogP contribution in [0.4, 0.5) is 0 Å². The number of nitrogens with zero attached hydrogens (tertiary/aromatic N) is 3. The zero-order chi connectivity index (χ0) is 13.8. The summed E-state index contributed by atoms with van der Waals surface area (Å²) in [5, 5.41) is 0. The molecular weight excluding hydrogens is 248 g/mol. The number of nitrogens with two attached hydrogens (primary N) is 1. The van der Waals surface area contributed by atoms with Crippen molar-refractivity contribution in [1.82, 2.24) is 14.8 Å². The molecule has 2 aliphatic rings. The molecule has 0 radical (unpaired) electrons. The Labute approximate surface area is 122 Å². The predicted octanol–water partition coefficient (Wildman–Crippen LogP) is 1.77. The summed E-state index contributed by atoms with van der Waals surface area (Å²) in [5.41, 5.74) is 7.57. The van der Waals surface area contributed by atoms with Crippen LogP contribution < -0.4 is 5.73 Å². The summed E-state index contributed by atoms with van der Waals surface area (Å²) in [4.78, 5) is 9.29. The van der Waals surface area contributed by atoms with Crippen LogP contribution in [-0.4, -0.2) is 47.5 Å². The Bertz CT molecular complexity index is 416. The Morgan fingerprint density at radius 1 is 1.10 bits per heavy atom. The number of likely N-dealkylation sites (tertiary alicyclic amines) is 2. The van der Waals surface area contributed by atoms with Gasteiger partial charge in [-0.25, -0.2) is 0 Å². The number of piperidine rings is 1. The van der Waals surface area contributed by atoms with Crippen LogP contribution in [0.5, 0.6) is 0 Å². The average molecular weight is 274 g/mol. The zero-order valence-electron chi connectivity index (χ0n) is 12.3. The second-order valence-electron chi connectivity index (χ2n) is 6.16. The molecule has 0 saturated carbocycles. The molecule has 110 valence electrons. The van der Waals surface area contributed by atoms with Crippen LogP contribution in [0.25, 0.3) is 0 Å². The molecule has 0 bridgehead atoms. The highest BCUT2D eigenvalue weighted by atomic mass is 15.3. The maximum absolute atomic E-state index is 6.71. The summed E-state index contributed by atoms with van der Waals surface area (Å²) in [5.74, 6) is 0. The first-order chi connectivity index (χ1) is 9.79.